The zero-order valence-electron chi connectivity index (χ0n) is 21.8. The molecule has 0 spiro atoms. The van der Waals surface area contributed by atoms with Gasteiger partial charge in [-0.05, 0) is 81.1 Å². The molecular weight excluding hydrogens is 513 g/mol. The average Bonchev–Trinajstić information content (AvgIpc) is 3.38. The molecule has 0 radical (unpaired) electrons. The normalized spacial score (nSPS) is 15.1. The van der Waals surface area contributed by atoms with Gasteiger partial charge in [0.2, 0.25) is 0 Å². The second-order valence-corrected chi connectivity index (χ2v) is 9.65. The molecule has 1 aliphatic rings. The van der Waals surface area contributed by atoms with E-state index >= 15 is 0 Å². The van der Waals surface area contributed by atoms with Crippen LogP contribution < -0.4 is 15.4 Å². The molecule has 202 valence electrons. The molecule has 1 atom stereocenters. The molecule has 2 heterocycles. The minimum Gasteiger partial charge on any atom is -0.491 e. The number of halogens is 2. The van der Waals surface area contributed by atoms with E-state index in [0.717, 1.165) is 59.5 Å². The summed E-state index contributed by atoms with van der Waals surface area (Å²) in [7, 11) is 1.72. The SMILES string of the molecule is COC(C)(C)CNCc1cnc2c(C)c(NC(=O)c3ccc(OC[C@@H]4CCCO4)cc3)ccc2c1.Cl.Cl. The molecule has 1 saturated heterocycles. The molecule has 1 fully saturated rings. The highest BCUT2D eigenvalue weighted by Gasteiger charge is 2.17. The lowest BCUT2D eigenvalue weighted by Crippen LogP contribution is -2.36. The average molecular weight is 551 g/mol. The summed E-state index contributed by atoms with van der Waals surface area (Å²) < 4.78 is 16.8. The van der Waals surface area contributed by atoms with Crippen molar-refractivity contribution in [2.75, 3.05) is 32.2 Å². The second kappa shape index (κ2) is 13.9. The molecule has 0 aliphatic carbocycles. The summed E-state index contributed by atoms with van der Waals surface area (Å²) in [6.45, 7) is 8.87. The van der Waals surface area contributed by atoms with Gasteiger partial charge in [0, 0.05) is 49.6 Å². The van der Waals surface area contributed by atoms with E-state index in [1.165, 1.54) is 0 Å². The largest absolute Gasteiger partial charge is 0.491 e. The van der Waals surface area contributed by atoms with Crippen molar-refractivity contribution in [3.63, 3.8) is 0 Å². The van der Waals surface area contributed by atoms with E-state index in [2.05, 4.69) is 21.7 Å². The second-order valence-electron chi connectivity index (χ2n) is 9.65. The molecule has 9 heteroatoms. The van der Waals surface area contributed by atoms with Gasteiger partial charge in [0.05, 0.1) is 17.2 Å². The zero-order chi connectivity index (χ0) is 24.8. The zero-order valence-corrected chi connectivity index (χ0v) is 23.5. The maximum atomic E-state index is 12.8. The number of pyridine rings is 1. The lowest BCUT2D eigenvalue weighted by atomic mass is 10.1. The molecule has 1 aliphatic heterocycles. The van der Waals surface area contributed by atoms with Crippen molar-refractivity contribution in [3.8, 4) is 5.75 Å². The minimum atomic E-state index is -0.217. The number of aromatic nitrogens is 1. The first-order chi connectivity index (χ1) is 16.8. The molecular formula is C28H37Cl2N3O4. The summed E-state index contributed by atoms with van der Waals surface area (Å²) in [6.07, 6.45) is 4.16. The first-order valence-electron chi connectivity index (χ1n) is 12.1. The summed E-state index contributed by atoms with van der Waals surface area (Å²) in [6, 6.07) is 13.3. The highest BCUT2D eigenvalue weighted by molar-refractivity contribution is 6.06. The number of carbonyl (C=O) groups excluding carboxylic acids is 1. The molecule has 0 unspecified atom stereocenters. The van der Waals surface area contributed by atoms with Gasteiger partial charge in [-0.3, -0.25) is 9.78 Å². The van der Waals surface area contributed by atoms with Crippen LogP contribution in [0.4, 0.5) is 5.69 Å². The number of aryl methyl sites for hydroxylation is 1. The van der Waals surface area contributed by atoms with Crippen molar-refractivity contribution < 1.29 is 19.0 Å². The number of fused-ring (bicyclic) bond motifs is 1. The molecule has 2 aromatic carbocycles. The van der Waals surface area contributed by atoms with E-state index < -0.39 is 0 Å². The lowest BCUT2D eigenvalue weighted by Gasteiger charge is -2.23. The Hall–Kier alpha value is -2.42. The monoisotopic (exact) mass is 549 g/mol. The van der Waals surface area contributed by atoms with Gasteiger partial charge in [-0.2, -0.15) is 0 Å². The summed E-state index contributed by atoms with van der Waals surface area (Å²) >= 11 is 0. The quantitative estimate of drug-likeness (QED) is 0.337. The van der Waals surface area contributed by atoms with Crippen molar-refractivity contribution in [2.45, 2.75) is 51.9 Å². The van der Waals surface area contributed by atoms with Gasteiger partial charge < -0.3 is 24.8 Å². The Morgan fingerprint density at radius 2 is 1.92 bits per heavy atom. The Morgan fingerprint density at radius 3 is 2.59 bits per heavy atom. The molecule has 4 rings (SSSR count). The Balaban J connectivity index is 0.00000241. The topological polar surface area (TPSA) is 81.7 Å². The maximum absolute atomic E-state index is 12.8. The van der Waals surface area contributed by atoms with Gasteiger partial charge in [0.15, 0.2) is 0 Å². The van der Waals surface area contributed by atoms with Crippen molar-refractivity contribution >= 4 is 47.3 Å². The van der Waals surface area contributed by atoms with Crippen molar-refractivity contribution in [3.05, 3.63) is 65.4 Å². The molecule has 2 N–H and O–H groups in total. The minimum absolute atomic E-state index is 0. The van der Waals surface area contributed by atoms with E-state index in [1.54, 1.807) is 19.2 Å². The fraction of sp³-hybridized carbons (Fsp3) is 0.429. The van der Waals surface area contributed by atoms with Gasteiger partial charge in [0.1, 0.15) is 12.4 Å². The standard InChI is InChI=1S/C28H35N3O4.2ClH/c1-19-25(12-9-22-14-20(16-30-26(19)22)15-29-18-28(2,3)33-4)31-27(32)21-7-10-23(11-8-21)35-17-24-6-5-13-34-24;;/h7-12,14,16,24,29H,5-6,13,15,17-18H2,1-4H3,(H,31,32);2*1H/t24-;;/m0../s1. The highest BCUT2D eigenvalue weighted by atomic mass is 35.5. The number of nitrogens with zero attached hydrogens (tertiary/aromatic N) is 1. The van der Waals surface area contributed by atoms with Gasteiger partial charge in [-0.25, -0.2) is 0 Å². The lowest BCUT2D eigenvalue weighted by molar-refractivity contribution is 0.0230. The van der Waals surface area contributed by atoms with E-state index in [0.29, 0.717) is 18.7 Å². The number of rotatable bonds is 10. The van der Waals surface area contributed by atoms with E-state index in [4.69, 9.17) is 14.2 Å². The van der Waals surface area contributed by atoms with Crippen LogP contribution in [0.1, 0.15) is 48.2 Å². The predicted molar refractivity (Wildman–Crippen MR) is 153 cm³/mol. The van der Waals surface area contributed by atoms with Gasteiger partial charge in [-0.1, -0.05) is 6.07 Å². The van der Waals surface area contributed by atoms with Crippen LogP contribution in [0.5, 0.6) is 5.75 Å². The number of amides is 1. The highest BCUT2D eigenvalue weighted by Crippen LogP contribution is 2.25. The van der Waals surface area contributed by atoms with Gasteiger partial charge in [-0.15, -0.1) is 24.8 Å². The third-order valence-electron chi connectivity index (χ3n) is 6.42. The smallest absolute Gasteiger partial charge is 0.255 e. The maximum Gasteiger partial charge on any atom is 0.255 e. The number of nitrogens with one attached hydrogen (secondary N) is 2. The number of hydrogen-bond donors (Lipinski definition) is 2. The van der Waals surface area contributed by atoms with Gasteiger partial charge in [0.25, 0.3) is 5.91 Å². The van der Waals surface area contributed by atoms with Crippen LogP contribution in [-0.4, -0.2) is 49.5 Å². The van der Waals surface area contributed by atoms with Crippen LogP contribution in [0.2, 0.25) is 0 Å². The molecule has 0 bridgehead atoms. The Bertz CT molecular complexity index is 1170. The van der Waals surface area contributed by atoms with Crippen LogP contribution in [0.25, 0.3) is 10.9 Å². The summed E-state index contributed by atoms with van der Waals surface area (Å²) in [5.41, 5.74) is 4.02. The Kier molecular flexibility index (Phi) is 11.6. The van der Waals surface area contributed by atoms with Crippen LogP contribution in [0.15, 0.2) is 48.7 Å². The van der Waals surface area contributed by atoms with Crippen molar-refractivity contribution in [1.29, 1.82) is 0 Å². The third kappa shape index (κ3) is 8.28. The van der Waals surface area contributed by atoms with Crippen LogP contribution in [0.3, 0.4) is 0 Å². The summed E-state index contributed by atoms with van der Waals surface area (Å²) in [4.78, 5) is 17.5. The van der Waals surface area contributed by atoms with Crippen LogP contribution >= 0.6 is 24.8 Å². The van der Waals surface area contributed by atoms with E-state index in [9.17, 15) is 4.79 Å². The molecule has 3 aromatic rings. The van der Waals surface area contributed by atoms with E-state index in [1.807, 2.05) is 51.2 Å². The molecule has 37 heavy (non-hydrogen) atoms. The van der Waals surface area contributed by atoms with E-state index in [-0.39, 0.29) is 42.4 Å². The Labute approximate surface area is 231 Å². The van der Waals surface area contributed by atoms with Crippen molar-refractivity contribution in [1.82, 2.24) is 10.3 Å². The first-order valence-corrected chi connectivity index (χ1v) is 12.1. The fourth-order valence-corrected chi connectivity index (χ4v) is 4.07. The molecule has 1 amide bonds. The molecule has 7 nitrogen and oxygen atoms in total. The summed E-state index contributed by atoms with van der Waals surface area (Å²) in [5, 5.41) is 7.48. The number of carbonyl (C=O) groups is 1. The fourth-order valence-electron chi connectivity index (χ4n) is 4.07. The predicted octanol–water partition coefficient (Wildman–Crippen LogP) is 5.71. The number of anilines is 1. The third-order valence-corrected chi connectivity index (χ3v) is 6.42. The Morgan fingerprint density at radius 1 is 1.16 bits per heavy atom. The number of methoxy groups -OCH3 is 1. The molecule has 0 saturated carbocycles. The van der Waals surface area contributed by atoms with Crippen LogP contribution in [0, 0.1) is 6.92 Å². The van der Waals surface area contributed by atoms with Crippen molar-refractivity contribution in [2.24, 2.45) is 0 Å². The number of hydrogen-bond acceptors (Lipinski definition) is 6. The van der Waals surface area contributed by atoms with Crippen LogP contribution in [-0.2, 0) is 16.0 Å². The number of ether oxygens (including phenoxy) is 3. The molecule has 1 aromatic heterocycles. The number of benzene rings is 2. The van der Waals surface area contributed by atoms with Gasteiger partial charge >= 0.3 is 0 Å². The summed E-state index contributed by atoms with van der Waals surface area (Å²) in [5.74, 6) is 0.568. The first kappa shape index (κ1) is 30.8.